The molecule has 0 aliphatic carbocycles. The maximum absolute atomic E-state index is 4.68. The Morgan fingerprint density at radius 1 is 1.35 bits per heavy atom. The molecule has 1 N–H and O–H groups in total. The third kappa shape index (κ3) is 4.51. The lowest BCUT2D eigenvalue weighted by atomic mass is 10.1. The van der Waals surface area contributed by atoms with E-state index in [9.17, 15) is 0 Å². The van der Waals surface area contributed by atoms with Gasteiger partial charge in [0, 0.05) is 44.8 Å². The molecule has 1 aromatic heterocycles. The third-order valence-corrected chi connectivity index (χ3v) is 3.89. The molecule has 0 amide bonds. The van der Waals surface area contributed by atoms with Gasteiger partial charge in [0.2, 0.25) is 0 Å². The van der Waals surface area contributed by atoms with Gasteiger partial charge in [-0.15, -0.1) is 0 Å². The molecule has 0 saturated carbocycles. The molecular formula is C15H27N5. The molecule has 112 valence electrons. The van der Waals surface area contributed by atoms with Gasteiger partial charge in [0.25, 0.3) is 0 Å². The van der Waals surface area contributed by atoms with Gasteiger partial charge in [-0.3, -0.25) is 0 Å². The van der Waals surface area contributed by atoms with Crippen molar-refractivity contribution in [1.82, 2.24) is 25.1 Å². The molecular weight excluding hydrogens is 250 g/mol. The van der Waals surface area contributed by atoms with Crippen LogP contribution in [0.5, 0.6) is 0 Å². The van der Waals surface area contributed by atoms with Crippen LogP contribution in [0.25, 0.3) is 0 Å². The molecule has 1 aliphatic heterocycles. The fourth-order valence-electron chi connectivity index (χ4n) is 2.56. The summed E-state index contributed by atoms with van der Waals surface area (Å²) >= 11 is 0. The summed E-state index contributed by atoms with van der Waals surface area (Å²) in [6.45, 7) is 7.42. The number of hydrogen-bond donors (Lipinski definition) is 1. The van der Waals surface area contributed by atoms with Crippen LogP contribution < -0.4 is 5.32 Å². The maximum atomic E-state index is 4.68. The number of hydrogen-bond acceptors (Lipinski definition) is 5. The van der Waals surface area contributed by atoms with Crippen LogP contribution in [0.3, 0.4) is 0 Å². The summed E-state index contributed by atoms with van der Waals surface area (Å²) in [7, 11) is 4.39. The lowest BCUT2D eigenvalue weighted by Gasteiger charge is -2.37. The normalized spacial score (nSPS) is 21.2. The highest BCUT2D eigenvalue weighted by atomic mass is 15.3. The Hall–Kier alpha value is -1.04. The average molecular weight is 277 g/mol. The standard InChI is InChI=1S/C15H27N5/c1-4-6-16-11-13-5-7-17-15(18-13)10-14-12-19(2)8-9-20(14)3/h5,7,14,16H,4,6,8-12H2,1-3H3. The molecule has 1 unspecified atom stereocenters. The monoisotopic (exact) mass is 277 g/mol. The zero-order valence-electron chi connectivity index (χ0n) is 13.0. The molecule has 5 nitrogen and oxygen atoms in total. The Morgan fingerprint density at radius 3 is 3.00 bits per heavy atom. The van der Waals surface area contributed by atoms with Gasteiger partial charge < -0.3 is 15.1 Å². The van der Waals surface area contributed by atoms with E-state index in [2.05, 4.69) is 46.1 Å². The van der Waals surface area contributed by atoms with Crippen molar-refractivity contribution in [2.75, 3.05) is 40.3 Å². The zero-order chi connectivity index (χ0) is 14.4. The lowest BCUT2D eigenvalue weighted by Crippen LogP contribution is -2.51. The Balaban J connectivity index is 1.93. The first-order valence-electron chi connectivity index (χ1n) is 7.59. The van der Waals surface area contributed by atoms with Gasteiger partial charge in [-0.2, -0.15) is 0 Å². The van der Waals surface area contributed by atoms with E-state index >= 15 is 0 Å². The largest absolute Gasteiger partial charge is 0.311 e. The van der Waals surface area contributed by atoms with E-state index in [1.807, 2.05) is 12.3 Å². The van der Waals surface area contributed by atoms with Gasteiger partial charge in [0.1, 0.15) is 5.82 Å². The fourth-order valence-corrected chi connectivity index (χ4v) is 2.56. The summed E-state index contributed by atoms with van der Waals surface area (Å²) < 4.78 is 0. The Labute approximate surface area is 122 Å². The van der Waals surface area contributed by atoms with E-state index in [1.54, 1.807) is 0 Å². The summed E-state index contributed by atoms with van der Waals surface area (Å²) in [5.41, 5.74) is 1.09. The van der Waals surface area contributed by atoms with Gasteiger partial charge in [-0.05, 0) is 33.1 Å². The van der Waals surface area contributed by atoms with Crippen LogP contribution >= 0.6 is 0 Å². The molecule has 1 saturated heterocycles. The molecule has 5 heteroatoms. The average Bonchev–Trinajstić information content (AvgIpc) is 2.44. The molecule has 2 rings (SSSR count). The molecule has 2 heterocycles. The Kier molecular flexibility index (Phi) is 5.88. The van der Waals surface area contributed by atoms with Crippen LogP contribution in [-0.4, -0.2) is 66.1 Å². The summed E-state index contributed by atoms with van der Waals surface area (Å²) in [6, 6.07) is 2.52. The van der Waals surface area contributed by atoms with E-state index in [1.165, 1.54) is 0 Å². The molecule has 20 heavy (non-hydrogen) atoms. The van der Waals surface area contributed by atoms with Crippen molar-refractivity contribution in [3.63, 3.8) is 0 Å². The second-order valence-corrected chi connectivity index (χ2v) is 5.74. The molecule has 1 aromatic rings. The topological polar surface area (TPSA) is 44.3 Å². The van der Waals surface area contributed by atoms with Crippen LogP contribution in [0.4, 0.5) is 0 Å². The first kappa shape index (κ1) is 15.4. The summed E-state index contributed by atoms with van der Waals surface area (Å²) in [4.78, 5) is 13.9. The molecule has 1 aliphatic rings. The highest BCUT2D eigenvalue weighted by Crippen LogP contribution is 2.10. The molecule has 1 fully saturated rings. The first-order valence-corrected chi connectivity index (χ1v) is 7.59. The second kappa shape index (κ2) is 7.67. The summed E-state index contributed by atoms with van der Waals surface area (Å²) in [5, 5.41) is 3.39. The Morgan fingerprint density at radius 2 is 2.20 bits per heavy atom. The van der Waals surface area contributed by atoms with E-state index in [0.717, 1.165) is 57.1 Å². The molecule has 0 bridgehead atoms. The number of rotatable bonds is 6. The van der Waals surface area contributed by atoms with Gasteiger partial charge in [-0.1, -0.05) is 6.92 Å². The number of nitrogens with one attached hydrogen (secondary N) is 1. The van der Waals surface area contributed by atoms with E-state index in [-0.39, 0.29) is 0 Å². The second-order valence-electron chi connectivity index (χ2n) is 5.74. The molecule has 0 spiro atoms. The van der Waals surface area contributed by atoms with Gasteiger partial charge >= 0.3 is 0 Å². The minimum absolute atomic E-state index is 0.521. The molecule has 0 aromatic carbocycles. The number of piperazine rings is 1. The zero-order valence-corrected chi connectivity index (χ0v) is 13.0. The van der Waals surface area contributed by atoms with Crippen LogP contribution in [0, 0.1) is 0 Å². The molecule has 0 radical (unpaired) electrons. The number of aromatic nitrogens is 2. The molecule has 1 atom stereocenters. The van der Waals surface area contributed by atoms with E-state index in [4.69, 9.17) is 0 Å². The van der Waals surface area contributed by atoms with Crippen molar-refractivity contribution >= 4 is 0 Å². The van der Waals surface area contributed by atoms with Gasteiger partial charge in [0.15, 0.2) is 0 Å². The highest BCUT2D eigenvalue weighted by molar-refractivity contribution is 5.04. The van der Waals surface area contributed by atoms with Crippen molar-refractivity contribution in [3.8, 4) is 0 Å². The number of likely N-dealkylation sites (N-methyl/N-ethyl adjacent to an activating group) is 2. The maximum Gasteiger partial charge on any atom is 0.130 e. The van der Waals surface area contributed by atoms with E-state index < -0.39 is 0 Å². The van der Waals surface area contributed by atoms with Crippen LogP contribution in [-0.2, 0) is 13.0 Å². The van der Waals surface area contributed by atoms with Crippen molar-refractivity contribution in [1.29, 1.82) is 0 Å². The smallest absolute Gasteiger partial charge is 0.130 e. The Bertz CT molecular complexity index is 409. The van der Waals surface area contributed by atoms with E-state index in [0.29, 0.717) is 6.04 Å². The predicted octanol–water partition coefficient (Wildman–Crippen LogP) is 0.765. The quantitative estimate of drug-likeness (QED) is 0.778. The SMILES string of the molecule is CCCNCc1ccnc(CC2CN(C)CCN2C)n1. The van der Waals surface area contributed by atoms with Crippen LogP contribution in [0.1, 0.15) is 24.9 Å². The van der Waals surface area contributed by atoms with Crippen molar-refractivity contribution < 1.29 is 0 Å². The predicted molar refractivity (Wildman–Crippen MR) is 81.6 cm³/mol. The van der Waals surface area contributed by atoms with Crippen LogP contribution in [0.15, 0.2) is 12.3 Å². The summed E-state index contributed by atoms with van der Waals surface area (Å²) in [6.07, 6.45) is 3.97. The lowest BCUT2D eigenvalue weighted by molar-refractivity contribution is 0.113. The first-order chi connectivity index (χ1) is 9.69. The summed E-state index contributed by atoms with van der Waals surface area (Å²) in [5.74, 6) is 0.966. The van der Waals surface area contributed by atoms with Gasteiger partial charge in [0.05, 0.1) is 5.69 Å². The highest BCUT2D eigenvalue weighted by Gasteiger charge is 2.23. The third-order valence-electron chi connectivity index (χ3n) is 3.89. The van der Waals surface area contributed by atoms with Gasteiger partial charge in [-0.25, -0.2) is 9.97 Å². The van der Waals surface area contributed by atoms with Crippen molar-refractivity contribution in [3.05, 3.63) is 23.8 Å². The van der Waals surface area contributed by atoms with Crippen molar-refractivity contribution in [2.45, 2.75) is 32.4 Å². The minimum Gasteiger partial charge on any atom is -0.311 e. The minimum atomic E-state index is 0.521. The fraction of sp³-hybridized carbons (Fsp3) is 0.733. The van der Waals surface area contributed by atoms with Crippen molar-refractivity contribution in [2.24, 2.45) is 0 Å². The number of nitrogens with zero attached hydrogens (tertiary/aromatic N) is 4. The van der Waals surface area contributed by atoms with Crippen LogP contribution in [0.2, 0.25) is 0 Å².